The van der Waals surface area contributed by atoms with Crippen LogP contribution in [0.25, 0.3) is 0 Å². The molecule has 3 atom stereocenters. The number of carbonyl (C=O) groups is 1. The first-order valence-electron chi connectivity index (χ1n) is 6.49. The lowest BCUT2D eigenvalue weighted by molar-refractivity contribution is -0.145. The van der Waals surface area contributed by atoms with Crippen LogP contribution in [0.4, 0.5) is 0 Å². The number of carboxylic acids is 1. The summed E-state index contributed by atoms with van der Waals surface area (Å²) in [5.41, 5.74) is -0.740. The molecule has 1 rings (SSSR count). The lowest BCUT2D eigenvalue weighted by atomic mass is 9.84. The number of hydrogen-bond acceptors (Lipinski definition) is 2. The number of rotatable bonds is 5. The monoisotopic (exact) mass is 227 g/mol. The molecule has 0 aromatic heterocycles. The van der Waals surface area contributed by atoms with Gasteiger partial charge in [0.1, 0.15) is 5.54 Å². The topological polar surface area (TPSA) is 49.3 Å². The summed E-state index contributed by atoms with van der Waals surface area (Å²) in [5.74, 6) is 0.0125. The molecule has 1 aliphatic rings. The largest absolute Gasteiger partial charge is 0.480 e. The Morgan fingerprint density at radius 2 is 2.19 bits per heavy atom. The summed E-state index contributed by atoms with van der Waals surface area (Å²) in [6, 6.07) is 0.386. The molecule has 1 aliphatic carbocycles. The maximum absolute atomic E-state index is 11.3. The standard InChI is InChI=1S/C13H25NO2/c1-4-8-13(3,12(15)16)14-11-7-5-6-10(2)9-11/h10-11,14H,4-9H2,1-3H3,(H,15,16). The molecule has 16 heavy (non-hydrogen) atoms. The summed E-state index contributed by atoms with van der Waals surface area (Å²) >= 11 is 0. The van der Waals surface area contributed by atoms with Crippen molar-refractivity contribution in [2.75, 3.05) is 0 Å². The van der Waals surface area contributed by atoms with Crippen LogP contribution < -0.4 is 5.32 Å². The van der Waals surface area contributed by atoms with Crippen molar-refractivity contribution in [1.82, 2.24) is 5.32 Å². The number of nitrogens with one attached hydrogen (secondary N) is 1. The second-order valence-corrected chi connectivity index (χ2v) is 5.50. The second kappa shape index (κ2) is 5.67. The fourth-order valence-electron chi connectivity index (χ4n) is 2.76. The molecular formula is C13H25NO2. The van der Waals surface area contributed by atoms with Crippen LogP contribution in [0.2, 0.25) is 0 Å². The summed E-state index contributed by atoms with van der Waals surface area (Å²) in [5, 5.41) is 12.7. The highest BCUT2D eigenvalue weighted by Crippen LogP contribution is 2.26. The van der Waals surface area contributed by atoms with Crippen molar-refractivity contribution in [3.8, 4) is 0 Å². The summed E-state index contributed by atoms with van der Waals surface area (Å²) in [7, 11) is 0. The zero-order chi connectivity index (χ0) is 12.2. The van der Waals surface area contributed by atoms with E-state index in [2.05, 4.69) is 12.2 Å². The Bertz CT molecular complexity index is 242. The summed E-state index contributed by atoms with van der Waals surface area (Å²) in [6.07, 6.45) is 6.35. The van der Waals surface area contributed by atoms with E-state index >= 15 is 0 Å². The number of carboxylic acid groups (broad SMARTS) is 1. The maximum atomic E-state index is 11.3. The Hall–Kier alpha value is -0.570. The molecule has 0 heterocycles. The van der Waals surface area contributed by atoms with Crippen molar-refractivity contribution < 1.29 is 9.90 Å². The van der Waals surface area contributed by atoms with E-state index in [4.69, 9.17) is 0 Å². The van der Waals surface area contributed by atoms with Gasteiger partial charge in [-0.25, -0.2) is 0 Å². The van der Waals surface area contributed by atoms with E-state index in [1.165, 1.54) is 12.8 Å². The first kappa shape index (κ1) is 13.5. The average Bonchev–Trinajstić information content (AvgIpc) is 2.17. The molecule has 3 heteroatoms. The number of hydrogen-bond donors (Lipinski definition) is 2. The van der Waals surface area contributed by atoms with Gasteiger partial charge in [0.2, 0.25) is 0 Å². The molecule has 1 saturated carbocycles. The smallest absolute Gasteiger partial charge is 0.323 e. The van der Waals surface area contributed by atoms with Crippen molar-refractivity contribution in [2.45, 2.75) is 70.9 Å². The van der Waals surface area contributed by atoms with Crippen molar-refractivity contribution in [3.63, 3.8) is 0 Å². The van der Waals surface area contributed by atoms with Crippen LogP contribution in [0.15, 0.2) is 0 Å². The van der Waals surface area contributed by atoms with E-state index in [0.29, 0.717) is 12.5 Å². The SMILES string of the molecule is CCCC(C)(NC1CCCC(C)C1)C(=O)O. The van der Waals surface area contributed by atoms with Gasteiger partial charge in [0.05, 0.1) is 0 Å². The first-order chi connectivity index (χ1) is 7.48. The molecule has 0 aromatic rings. The maximum Gasteiger partial charge on any atom is 0.323 e. The number of aliphatic carboxylic acids is 1. The average molecular weight is 227 g/mol. The molecule has 0 radical (unpaired) electrons. The van der Waals surface area contributed by atoms with Gasteiger partial charge < -0.3 is 5.11 Å². The van der Waals surface area contributed by atoms with Gasteiger partial charge in [-0.3, -0.25) is 10.1 Å². The lowest BCUT2D eigenvalue weighted by Crippen LogP contribution is -2.54. The molecule has 3 nitrogen and oxygen atoms in total. The van der Waals surface area contributed by atoms with Gasteiger partial charge in [-0.1, -0.05) is 33.1 Å². The molecule has 2 N–H and O–H groups in total. The van der Waals surface area contributed by atoms with Gasteiger partial charge in [-0.2, -0.15) is 0 Å². The predicted octanol–water partition coefficient (Wildman–Crippen LogP) is 2.80. The van der Waals surface area contributed by atoms with Crippen molar-refractivity contribution in [1.29, 1.82) is 0 Å². The third kappa shape index (κ3) is 3.48. The van der Waals surface area contributed by atoms with Crippen LogP contribution in [0, 0.1) is 5.92 Å². The van der Waals surface area contributed by atoms with Gasteiger partial charge in [0, 0.05) is 6.04 Å². The fraction of sp³-hybridized carbons (Fsp3) is 0.923. The zero-order valence-electron chi connectivity index (χ0n) is 10.8. The minimum Gasteiger partial charge on any atom is -0.480 e. The Balaban J connectivity index is 2.57. The highest BCUT2D eigenvalue weighted by atomic mass is 16.4. The Kier molecular flexibility index (Phi) is 4.78. The minimum atomic E-state index is -0.740. The van der Waals surface area contributed by atoms with E-state index < -0.39 is 11.5 Å². The Labute approximate surface area is 98.6 Å². The third-order valence-electron chi connectivity index (χ3n) is 3.68. The van der Waals surface area contributed by atoms with Crippen LogP contribution >= 0.6 is 0 Å². The Morgan fingerprint density at radius 1 is 1.50 bits per heavy atom. The summed E-state index contributed by atoms with van der Waals surface area (Å²) in [6.45, 7) is 6.11. The predicted molar refractivity (Wildman–Crippen MR) is 65.5 cm³/mol. The van der Waals surface area contributed by atoms with Gasteiger partial charge in [-0.15, -0.1) is 0 Å². The summed E-state index contributed by atoms with van der Waals surface area (Å²) in [4.78, 5) is 11.3. The molecule has 0 saturated heterocycles. The van der Waals surface area contributed by atoms with E-state index in [9.17, 15) is 9.90 Å². The van der Waals surface area contributed by atoms with Crippen molar-refractivity contribution in [3.05, 3.63) is 0 Å². The molecule has 3 unspecified atom stereocenters. The van der Waals surface area contributed by atoms with E-state index in [-0.39, 0.29) is 0 Å². The zero-order valence-corrected chi connectivity index (χ0v) is 10.8. The Morgan fingerprint density at radius 3 is 2.69 bits per heavy atom. The highest BCUT2D eigenvalue weighted by molar-refractivity contribution is 5.78. The van der Waals surface area contributed by atoms with Crippen LogP contribution in [-0.4, -0.2) is 22.7 Å². The van der Waals surface area contributed by atoms with Crippen LogP contribution in [0.3, 0.4) is 0 Å². The minimum absolute atomic E-state index is 0.386. The van der Waals surface area contributed by atoms with Crippen LogP contribution in [-0.2, 0) is 4.79 Å². The lowest BCUT2D eigenvalue weighted by Gasteiger charge is -2.35. The van der Waals surface area contributed by atoms with Crippen molar-refractivity contribution >= 4 is 5.97 Å². The van der Waals surface area contributed by atoms with E-state index in [1.807, 2.05) is 13.8 Å². The fourth-order valence-corrected chi connectivity index (χ4v) is 2.76. The molecule has 0 aliphatic heterocycles. The second-order valence-electron chi connectivity index (χ2n) is 5.50. The van der Waals surface area contributed by atoms with Crippen LogP contribution in [0.1, 0.15) is 59.3 Å². The van der Waals surface area contributed by atoms with E-state index in [0.717, 1.165) is 25.2 Å². The highest BCUT2D eigenvalue weighted by Gasteiger charge is 2.35. The van der Waals surface area contributed by atoms with Gasteiger partial charge in [-0.05, 0) is 32.1 Å². The quantitative estimate of drug-likeness (QED) is 0.759. The molecule has 0 spiro atoms. The van der Waals surface area contributed by atoms with E-state index in [1.54, 1.807) is 0 Å². The molecule has 0 bridgehead atoms. The van der Waals surface area contributed by atoms with Crippen molar-refractivity contribution in [2.24, 2.45) is 5.92 Å². The van der Waals surface area contributed by atoms with Gasteiger partial charge in [0.25, 0.3) is 0 Å². The normalized spacial score (nSPS) is 29.7. The summed E-state index contributed by atoms with van der Waals surface area (Å²) < 4.78 is 0. The molecule has 1 fully saturated rings. The van der Waals surface area contributed by atoms with Gasteiger partial charge >= 0.3 is 5.97 Å². The molecule has 0 amide bonds. The third-order valence-corrected chi connectivity index (χ3v) is 3.68. The van der Waals surface area contributed by atoms with Gasteiger partial charge in [0.15, 0.2) is 0 Å². The molecule has 0 aromatic carbocycles. The molecule has 94 valence electrons. The van der Waals surface area contributed by atoms with Crippen LogP contribution in [0.5, 0.6) is 0 Å². The first-order valence-corrected chi connectivity index (χ1v) is 6.49. The molecular weight excluding hydrogens is 202 g/mol.